The maximum atomic E-state index is 5.68. The first-order chi connectivity index (χ1) is 12.3. The lowest BCUT2D eigenvalue weighted by Crippen LogP contribution is -2.26. The zero-order valence-corrected chi connectivity index (χ0v) is 14.4. The second-order valence-corrected chi connectivity index (χ2v) is 6.97. The van der Waals surface area contributed by atoms with Gasteiger partial charge >= 0.3 is 0 Å². The number of ether oxygens (including phenoxy) is 1. The number of rotatable bonds is 4. The number of aromatic nitrogens is 5. The van der Waals surface area contributed by atoms with E-state index in [9.17, 15) is 0 Å². The topological polar surface area (TPSA) is 60.5 Å². The third kappa shape index (κ3) is 2.46. The fourth-order valence-electron chi connectivity index (χ4n) is 4.22. The van der Waals surface area contributed by atoms with Crippen LogP contribution in [0.1, 0.15) is 36.1 Å². The summed E-state index contributed by atoms with van der Waals surface area (Å²) in [6, 6.07) is 6.44. The summed E-state index contributed by atoms with van der Waals surface area (Å²) in [4.78, 5) is 2.47. The van der Waals surface area contributed by atoms with E-state index in [1.165, 1.54) is 12.0 Å². The van der Waals surface area contributed by atoms with Crippen LogP contribution in [0.2, 0.25) is 0 Å². The van der Waals surface area contributed by atoms with Gasteiger partial charge in [-0.15, -0.1) is 10.2 Å². The van der Waals surface area contributed by atoms with E-state index in [0.717, 1.165) is 49.6 Å². The molecular formula is C18H22N6O. The SMILES string of the molecule is CO[C@@H]1C[C@@H](c2nnc3n2CCC3)N(Cc2cnn3ccccc23)C1. The molecule has 2 aliphatic rings. The number of methoxy groups -OCH3 is 1. The molecule has 0 amide bonds. The smallest absolute Gasteiger partial charge is 0.150 e. The fourth-order valence-corrected chi connectivity index (χ4v) is 4.22. The molecule has 1 saturated heterocycles. The molecule has 130 valence electrons. The van der Waals surface area contributed by atoms with Gasteiger partial charge in [-0.25, -0.2) is 4.52 Å². The molecule has 5 heterocycles. The van der Waals surface area contributed by atoms with Gasteiger partial charge in [0.05, 0.1) is 23.9 Å². The quantitative estimate of drug-likeness (QED) is 0.726. The molecule has 0 unspecified atom stereocenters. The number of hydrogen-bond acceptors (Lipinski definition) is 5. The Morgan fingerprint density at radius 3 is 3.16 bits per heavy atom. The molecule has 0 saturated carbocycles. The number of fused-ring (bicyclic) bond motifs is 2. The summed E-state index contributed by atoms with van der Waals surface area (Å²) in [5, 5.41) is 13.4. The molecule has 25 heavy (non-hydrogen) atoms. The van der Waals surface area contributed by atoms with Crippen molar-refractivity contribution in [2.45, 2.75) is 44.5 Å². The Balaban J connectivity index is 1.47. The zero-order chi connectivity index (χ0) is 16.8. The van der Waals surface area contributed by atoms with Crippen LogP contribution in [-0.2, 0) is 24.2 Å². The maximum absolute atomic E-state index is 5.68. The molecule has 0 aromatic carbocycles. The Hall–Kier alpha value is -2.25. The van der Waals surface area contributed by atoms with E-state index in [-0.39, 0.29) is 12.1 Å². The lowest BCUT2D eigenvalue weighted by molar-refractivity contribution is 0.107. The fraction of sp³-hybridized carbons (Fsp3) is 0.500. The molecule has 7 heteroatoms. The molecule has 3 aromatic heterocycles. The molecule has 2 atom stereocenters. The van der Waals surface area contributed by atoms with E-state index in [4.69, 9.17) is 4.74 Å². The number of pyridine rings is 1. The summed E-state index contributed by atoms with van der Waals surface area (Å²) in [7, 11) is 1.80. The Morgan fingerprint density at radius 2 is 2.24 bits per heavy atom. The highest BCUT2D eigenvalue weighted by molar-refractivity contribution is 5.53. The predicted molar refractivity (Wildman–Crippen MR) is 92.1 cm³/mol. The minimum Gasteiger partial charge on any atom is -0.380 e. The highest BCUT2D eigenvalue weighted by atomic mass is 16.5. The van der Waals surface area contributed by atoms with Crippen molar-refractivity contribution in [3.63, 3.8) is 0 Å². The lowest BCUT2D eigenvalue weighted by atomic mass is 10.1. The molecule has 0 spiro atoms. The first kappa shape index (κ1) is 15.0. The Bertz CT molecular complexity index is 900. The van der Waals surface area contributed by atoms with Gasteiger partial charge in [0.25, 0.3) is 0 Å². The predicted octanol–water partition coefficient (Wildman–Crippen LogP) is 1.83. The number of nitrogens with zero attached hydrogens (tertiary/aromatic N) is 6. The van der Waals surface area contributed by atoms with E-state index in [0.29, 0.717) is 0 Å². The molecule has 2 aliphatic heterocycles. The molecule has 0 aliphatic carbocycles. The van der Waals surface area contributed by atoms with Crippen molar-refractivity contribution in [1.82, 2.24) is 29.3 Å². The van der Waals surface area contributed by atoms with Crippen LogP contribution in [0.5, 0.6) is 0 Å². The van der Waals surface area contributed by atoms with Gasteiger partial charge in [-0.3, -0.25) is 4.90 Å². The molecule has 0 N–H and O–H groups in total. The maximum Gasteiger partial charge on any atom is 0.150 e. The molecule has 5 rings (SSSR count). The second-order valence-electron chi connectivity index (χ2n) is 6.97. The van der Waals surface area contributed by atoms with Crippen molar-refractivity contribution in [3.05, 3.63) is 47.8 Å². The minimum absolute atomic E-state index is 0.237. The van der Waals surface area contributed by atoms with Gasteiger partial charge in [0.1, 0.15) is 5.82 Å². The Kier molecular flexibility index (Phi) is 3.57. The number of hydrogen-bond donors (Lipinski definition) is 0. The standard InChI is InChI=1S/C18H22N6O/c1-25-14-9-16(18-21-20-17-6-4-7-23(17)18)22(12-14)11-13-10-19-24-8-3-2-5-15(13)24/h2-3,5,8,10,14,16H,4,6-7,9,11-12H2,1H3/t14-,16+/m1/s1. The summed E-state index contributed by atoms with van der Waals surface area (Å²) in [5.74, 6) is 2.23. The highest BCUT2D eigenvalue weighted by Crippen LogP contribution is 2.35. The summed E-state index contributed by atoms with van der Waals surface area (Å²) in [6.07, 6.45) is 7.38. The second kappa shape index (κ2) is 5.93. The van der Waals surface area contributed by atoms with Gasteiger partial charge < -0.3 is 9.30 Å². The molecule has 0 bridgehead atoms. The van der Waals surface area contributed by atoms with Crippen molar-refractivity contribution >= 4 is 5.52 Å². The van der Waals surface area contributed by atoms with Crippen molar-refractivity contribution in [2.24, 2.45) is 0 Å². The van der Waals surface area contributed by atoms with Gasteiger partial charge in [0.15, 0.2) is 5.82 Å². The molecular weight excluding hydrogens is 316 g/mol. The van der Waals surface area contributed by atoms with E-state index in [1.54, 1.807) is 7.11 Å². The zero-order valence-electron chi connectivity index (χ0n) is 14.4. The van der Waals surface area contributed by atoms with Crippen molar-refractivity contribution < 1.29 is 4.74 Å². The summed E-state index contributed by atoms with van der Waals surface area (Å²) >= 11 is 0. The van der Waals surface area contributed by atoms with Gasteiger partial charge in [0, 0.05) is 44.9 Å². The van der Waals surface area contributed by atoms with Crippen molar-refractivity contribution in [1.29, 1.82) is 0 Å². The van der Waals surface area contributed by atoms with Crippen LogP contribution in [0.15, 0.2) is 30.6 Å². The van der Waals surface area contributed by atoms with Gasteiger partial charge in [-0.2, -0.15) is 5.10 Å². The van der Waals surface area contributed by atoms with Crippen LogP contribution in [-0.4, -0.2) is 49.0 Å². The summed E-state index contributed by atoms with van der Waals surface area (Å²) in [5.41, 5.74) is 2.40. The highest BCUT2D eigenvalue weighted by Gasteiger charge is 2.37. The van der Waals surface area contributed by atoms with Crippen LogP contribution in [0.4, 0.5) is 0 Å². The van der Waals surface area contributed by atoms with Crippen LogP contribution >= 0.6 is 0 Å². The summed E-state index contributed by atoms with van der Waals surface area (Å²) < 4.78 is 9.92. The lowest BCUT2D eigenvalue weighted by Gasteiger charge is -2.23. The minimum atomic E-state index is 0.237. The third-order valence-electron chi connectivity index (χ3n) is 5.51. The Labute approximate surface area is 146 Å². The first-order valence-electron chi connectivity index (χ1n) is 8.93. The van der Waals surface area contributed by atoms with Crippen molar-refractivity contribution in [3.8, 4) is 0 Å². The van der Waals surface area contributed by atoms with Gasteiger partial charge in [-0.1, -0.05) is 6.07 Å². The number of likely N-dealkylation sites (tertiary alicyclic amines) is 1. The molecule has 7 nitrogen and oxygen atoms in total. The average Bonchev–Trinajstić information content (AvgIpc) is 3.38. The average molecular weight is 338 g/mol. The van der Waals surface area contributed by atoms with Crippen LogP contribution in [0.3, 0.4) is 0 Å². The van der Waals surface area contributed by atoms with Crippen molar-refractivity contribution in [2.75, 3.05) is 13.7 Å². The van der Waals surface area contributed by atoms with Crippen LogP contribution in [0, 0.1) is 0 Å². The normalized spacial score (nSPS) is 23.6. The monoisotopic (exact) mass is 338 g/mol. The molecule has 3 aromatic rings. The van der Waals surface area contributed by atoms with Gasteiger partial charge in [-0.05, 0) is 25.0 Å². The van der Waals surface area contributed by atoms with E-state index >= 15 is 0 Å². The first-order valence-corrected chi connectivity index (χ1v) is 8.93. The molecule has 1 fully saturated rings. The van der Waals surface area contributed by atoms with E-state index in [2.05, 4.69) is 36.9 Å². The van der Waals surface area contributed by atoms with E-state index < -0.39 is 0 Å². The van der Waals surface area contributed by atoms with E-state index in [1.807, 2.05) is 23.0 Å². The van der Waals surface area contributed by atoms with Crippen LogP contribution < -0.4 is 0 Å². The Morgan fingerprint density at radius 1 is 1.28 bits per heavy atom. The van der Waals surface area contributed by atoms with Gasteiger partial charge in [0.2, 0.25) is 0 Å². The van der Waals surface area contributed by atoms with Crippen LogP contribution in [0.25, 0.3) is 5.52 Å². The largest absolute Gasteiger partial charge is 0.380 e. The third-order valence-corrected chi connectivity index (χ3v) is 5.51. The molecule has 0 radical (unpaired) electrons. The summed E-state index contributed by atoms with van der Waals surface area (Å²) in [6.45, 7) is 2.80. The number of aryl methyl sites for hydroxylation is 1.